The van der Waals surface area contributed by atoms with Gasteiger partial charge < -0.3 is 11.1 Å². The Bertz CT molecular complexity index is 522. The summed E-state index contributed by atoms with van der Waals surface area (Å²) >= 11 is 0. The molecule has 1 aromatic carbocycles. The molecule has 0 aliphatic carbocycles. The zero-order valence-corrected chi connectivity index (χ0v) is 8.32. The fourth-order valence-electron chi connectivity index (χ4n) is 1.47. The summed E-state index contributed by atoms with van der Waals surface area (Å²) in [6, 6.07) is 9.30. The van der Waals surface area contributed by atoms with Crippen LogP contribution >= 0.6 is 0 Å². The molecule has 0 aliphatic rings. The molecule has 3 N–H and O–H groups in total. The summed E-state index contributed by atoms with van der Waals surface area (Å²) in [5, 5.41) is 4.30. The molecule has 2 aromatic rings. The molecule has 0 fully saturated rings. The second kappa shape index (κ2) is 3.57. The molecule has 1 amide bonds. The highest BCUT2D eigenvalue weighted by atomic mass is 16.1. The van der Waals surface area contributed by atoms with E-state index in [2.05, 4.69) is 10.3 Å². The van der Waals surface area contributed by atoms with Gasteiger partial charge in [-0.1, -0.05) is 24.3 Å². The summed E-state index contributed by atoms with van der Waals surface area (Å²) < 4.78 is 0. The first-order valence-corrected chi connectivity index (χ1v) is 4.59. The highest BCUT2D eigenvalue weighted by Crippen LogP contribution is 2.19. The maximum atomic E-state index is 11.4. The summed E-state index contributed by atoms with van der Waals surface area (Å²) in [4.78, 5) is 15.4. The number of pyridine rings is 1. The summed E-state index contributed by atoms with van der Waals surface area (Å²) in [5.74, 6) is 0.152. The van der Waals surface area contributed by atoms with Crippen molar-refractivity contribution in [3.63, 3.8) is 0 Å². The molecule has 0 radical (unpaired) electrons. The first kappa shape index (κ1) is 9.45. The number of carbonyl (C=O) groups is 1. The van der Waals surface area contributed by atoms with E-state index in [9.17, 15) is 4.79 Å². The maximum absolute atomic E-state index is 11.4. The summed E-state index contributed by atoms with van der Waals surface area (Å²) in [6.07, 6.45) is 0. The average molecular weight is 201 g/mol. The lowest BCUT2D eigenvalue weighted by Gasteiger charge is -2.04. The van der Waals surface area contributed by atoms with Crippen molar-refractivity contribution in [2.75, 3.05) is 12.8 Å². The van der Waals surface area contributed by atoms with Crippen LogP contribution in [0.15, 0.2) is 30.3 Å². The van der Waals surface area contributed by atoms with Gasteiger partial charge in [-0.15, -0.1) is 0 Å². The molecule has 76 valence electrons. The Hall–Kier alpha value is -2.10. The van der Waals surface area contributed by atoms with Crippen molar-refractivity contribution in [1.29, 1.82) is 0 Å². The highest BCUT2D eigenvalue weighted by molar-refractivity contribution is 5.99. The van der Waals surface area contributed by atoms with Crippen LogP contribution in [0.3, 0.4) is 0 Å². The lowest BCUT2D eigenvalue weighted by molar-refractivity contribution is 0.0958. The van der Waals surface area contributed by atoms with E-state index in [0.717, 1.165) is 10.8 Å². The Balaban J connectivity index is 2.67. The first-order valence-electron chi connectivity index (χ1n) is 4.59. The normalized spacial score (nSPS) is 10.2. The quantitative estimate of drug-likeness (QED) is 0.727. The smallest absolute Gasteiger partial charge is 0.269 e. The number of nitrogens with zero attached hydrogens (tertiary/aromatic N) is 1. The minimum Gasteiger partial charge on any atom is -0.383 e. The van der Waals surface area contributed by atoms with Crippen molar-refractivity contribution in [1.82, 2.24) is 10.3 Å². The Morgan fingerprint density at radius 2 is 2.13 bits per heavy atom. The van der Waals surface area contributed by atoms with Crippen LogP contribution in [0.5, 0.6) is 0 Å². The molecule has 2 rings (SSSR count). The molecule has 1 heterocycles. The van der Waals surface area contributed by atoms with Crippen molar-refractivity contribution < 1.29 is 4.79 Å². The first-order chi connectivity index (χ1) is 7.22. The van der Waals surface area contributed by atoms with Crippen LogP contribution in [0.25, 0.3) is 10.8 Å². The molecule has 0 aliphatic heterocycles. The second-order valence-corrected chi connectivity index (χ2v) is 3.19. The van der Waals surface area contributed by atoms with Crippen LogP contribution in [0.4, 0.5) is 5.82 Å². The van der Waals surface area contributed by atoms with Crippen molar-refractivity contribution >= 4 is 22.5 Å². The number of benzene rings is 1. The third kappa shape index (κ3) is 1.61. The number of anilines is 1. The van der Waals surface area contributed by atoms with Gasteiger partial charge >= 0.3 is 0 Å². The Morgan fingerprint density at radius 3 is 2.87 bits per heavy atom. The van der Waals surface area contributed by atoms with Gasteiger partial charge in [0.15, 0.2) is 0 Å². The largest absolute Gasteiger partial charge is 0.383 e. The molecule has 15 heavy (non-hydrogen) atoms. The van der Waals surface area contributed by atoms with Crippen LogP contribution in [0, 0.1) is 0 Å². The molecule has 0 bridgehead atoms. The van der Waals surface area contributed by atoms with Gasteiger partial charge in [-0.2, -0.15) is 0 Å². The summed E-state index contributed by atoms with van der Waals surface area (Å²) in [5.41, 5.74) is 6.10. The number of amides is 1. The van der Waals surface area contributed by atoms with E-state index < -0.39 is 0 Å². The Labute approximate surface area is 87.1 Å². The average Bonchev–Trinajstić information content (AvgIpc) is 2.28. The lowest BCUT2D eigenvalue weighted by atomic mass is 10.1. The fourth-order valence-corrected chi connectivity index (χ4v) is 1.47. The molecular formula is C11H11N3O. The fraction of sp³-hybridized carbons (Fsp3) is 0.0909. The molecule has 4 heteroatoms. The molecule has 0 saturated carbocycles. The van der Waals surface area contributed by atoms with Gasteiger partial charge in [0.2, 0.25) is 0 Å². The van der Waals surface area contributed by atoms with Gasteiger partial charge in [0.25, 0.3) is 5.91 Å². The van der Waals surface area contributed by atoms with E-state index >= 15 is 0 Å². The number of rotatable bonds is 1. The third-order valence-corrected chi connectivity index (χ3v) is 2.23. The molecule has 1 aromatic heterocycles. The van der Waals surface area contributed by atoms with Gasteiger partial charge in [-0.05, 0) is 11.5 Å². The number of carbonyl (C=O) groups excluding carboxylic acids is 1. The van der Waals surface area contributed by atoms with Gasteiger partial charge in [-0.25, -0.2) is 4.98 Å². The predicted octanol–water partition coefficient (Wildman–Crippen LogP) is 1.18. The Morgan fingerprint density at radius 1 is 1.40 bits per heavy atom. The van der Waals surface area contributed by atoms with Gasteiger partial charge in [0.1, 0.15) is 11.5 Å². The number of fused-ring (bicyclic) bond motifs is 1. The minimum atomic E-state index is -0.229. The standard InChI is InChI=1S/C11H11N3O/c1-13-11(15)9-6-7-4-2-3-5-8(7)10(12)14-9/h2-6H,1H3,(H2,12,14)(H,13,15). The predicted molar refractivity (Wildman–Crippen MR) is 59.5 cm³/mol. The van der Waals surface area contributed by atoms with Crippen molar-refractivity contribution in [2.45, 2.75) is 0 Å². The number of aromatic nitrogens is 1. The topological polar surface area (TPSA) is 68.0 Å². The van der Waals surface area contributed by atoms with Crippen LogP contribution in [0.2, 0.25) is 0 Å². The van der Waals surface area contributed by atoms with Crippen molar-refractivity contribution in [3.8, 4) is 0 Å². The van der Waals surface area contributed by atoms with Gasteiger partial charge in [0.05, 0.1) is 0 Å². The van der Waals surface area contributed by atoms with Crippen LogP contribution < -0.4 is 11.1 Å². The van der Waals surface area contributed by atoms with E-state index in [1.165, 1.54) is 0 Å². The van der Waals surface area contributed by atoms with Gasteiger partial charge in [0, 0.05) is 12.4 Å². The van der Waals surface area contributed by atoms with E-state index in [-0.39, 0.29) is 5.91 Å². The van der Waals surface area contributed by atoms with Crippen molar-refractivity contribution in [2.24, 2.45) is 0 Å². The minimum absolute atomic E-state index is 0.229. The number of nitrogens with two attached hydrogens (primary N) is 1. The Kier molecular flexibility index (Phi) is 2.25. The number of hydrogen-bond acceptors (Lipinski definition) is 3. The van der Waals surface area contributed by atoms with E-state index in [0.29, 0.717) is 11.5 Å². The SMILES string of the molecule is CNC(=O)c1cc2ccccc2c(N)n1. The highest BCUT2D eigenvalue weighted by Gasteiger charge is 2.08. The molecule has 0 saturated heterocycles. The van der Waals surface area contributed by atoms with Gasteiger partial charge in [-0.3, -0.25) is 4.79 Å². The molecule has 0 atom stereocenters. The summed E-state index contributed by atoms with van der Waals surface area (Å²) in [6.45, 7) is 0. The zero-order chi connectivity index (χ0) is 10.8. The third-order valence-electron chi connectivity index (χ3n) is 2.23. The van der Waals surface area contributed by atoms with E-state index in [1.807, 2.05) is 24.3 Å². The van der Waals surface area contributed by atoms with Crippen molar-refractivity contribution in [3.05, 3.63) is 36.0 Å². The molecule has 4 nitrogen and oxygen atoms in total. The van der Waals surface area contributed by atoms with Crippen LogP contribution in [-0.4, -0.2) is 17.9 Å². The maximum Gasteiger partial charge on any atom is 0.269 e. The number of nitrogen functional groups attached to an aromatic ring is 1. The van der Waals surface area contributed by atoms with E-state index in [1.54, 1.807) is 13.1 Å². The molecular weight excluding hydrogens is 190 g/mol. The summed E-state index contributed by atoms with van der Waals surface area (Å²) in [7, 11) is 1.56. The van der Waals surface area contributed by atoms with Crippen LogP contribution in [-0.2, 0) is 0 Å². The van der Waals surface area contributed by atoms with Crippen LogP contribution in [0.1, 0.15) is 10.5 Å². The zero-order valence-electron chi connectivity index (χ0n) is 8.32. The second-order valence-electron chi connectivity index (χ2n) is 3.19. The molecule has 0 spiro atoms. The molecule has 0 unspecified atom stereocenters. The lowest BCUT2D eigenvalue weighted by Crippen LogP contribution is -2.19. The van der Waals surface area contributed by atoms with E-state index in [4.69, 9.17) is 5.73 Å². The monoisotopic (exact) mass is 201 g/mol. The number of nitrogens with one attached hydrogen (secondary N) is 1. The number of hydrogen-bond donors (Lipinski definition) is 2.